The van der Waals surface area contributed by atoms with Gasteiger partial charge in [-0.1, -0.05) is 0 Å². The molecule has 0 aromatic heterocycles. The minimum Gasteiger partial charge on any atom is -0.491 e. The normalized spacial score (nSPS) is 10.0. The first-order valence-electron chi connectivity index (χ1n) is 3.73. The number of ether oxygens (including phenoxy) is 1. The molecule has 0 saturated heterocycles. The number of aryl methyl sites for hydroxylation is 1. The quantitative estimate of drug-likeness (QED) is 0.756. The Hall–Kier alpha value is -0.320. The predicted molar refractivity (Wildman–Crippen MR) is 55.0 cm³/mol. The third kappa shape index (κ3) is 2.09. The van der Waals surface area contributed by atoms with Crippen molar-refractivity contribution in [2.45, 2.75) is 13.8 Å². The van der Waals surface area contributed by atoms with Gasteiger partial charge in [0.1, 0.15) is 0 Å². The van der Waals surface area contributed by atoms with Crippen LogP contribution in [0.4, 0.5) is 4.39 Å². The molecule has 0 heterocycles. The van der Waals surface area contributed by atoms with E-state index in [1.807, 2.05) is 13.8 Å². The maximum Gasteiger partial charge on any atom is 0.166 e. The Kier molecular flexibility index (Phi) is 3.31. The van der Waals surface area contributed by atoms with E-state index in [4.69, 9.17) is 4.74 Å². The molecule has 0 N–H and O–H groups in total. The van der Waals surface area contributed by atoms with Gasteiger partial charge in [0.2, 0.25) is 0 Å². The highest BCUT2D eigenvalue weighted by molar-refractivity contribution is 14.1. The average Bonchev–Trinajstić information content (AvgIpc) is 2.01. The van der Waals surface area contributed by atoms with E-state index in [1.54, 1.807) is 6.07 Å². The van der Waals surface area contributed by atoms with Gasteiger partial charge in [-0.25, -0.2) is 4.39 Å². The van der Waals surface area contributed by atoms with Crippen LogP contribution in [0.25, 0.3) is 0 Å². The summed E-state index contributed by atoms with van der Waals surface area (Å²) in [5, 5.41) is 0. The van der Waals surface area contributed by atoms with E-state index in [9.17, 15) is 4.39 Å². The summed E-state index contributed by atoms with van der Waals surface area (Å²) >= 11 is 2.10. The fourth-order valence-corrected chi connectivity index (χ4v) is 1.33. The van der Waals surface area contributed by atoms with Crippen LogP contribution in [0.15, 0.2) is 12.1 Å². The second kappa shape index (κ2) is 4.07. The van der Waals surface area contributed by atoms with E-state index in [0.717, 1.165) is 9.13 Å². The second-order valence-electron chi connectivity index (χ2n) is 2.46. The second-order valence-corrected chi connectivity index (χ2v) is 3.63. The first-order chi connectivity index (χ1) is 5.65. The van der Waals surface area contributed by atoms with Crippen molar-refractivity contribution in [3.05, 3.63) is 27.1 Å². The van der Waals surface area contributed by atoms with Gasteiger partial charge in [-0.05, 0) is 54.1 Å². The van der Waals surface area contributed by atoms with E-state index >= 15 is 0 Å². The van der Waals surface area contributed by atoms with Gasteiger partial charge in [0.25, 0.3) is 0 Å². The van der Waals surface area contributed by atoms with Gasteiger partial charge in [0, 0.05) is 3.57 Å². The van der Waals surface area contributed by atoms with Gasteiger partial charge >= 0.3 is 0 Å². The van der Waals surface area contributed by atoms with E-state index in [1.165, 1.54) is 6.07 Å². The largest absolute Gasteiger partial charge is 0.491 e. The molecule has 0 fully saturated rings. The van der Waals surface area contributed by atoms with Crippen molar-refractivity contribution in [2.75, 3.05) is 6.61 Å². The van der Waals surface area contributed by atoms with E-state index in [2.05, 4.69) is 22.6 Å². The molecule has 0 aliphatic heterocycles. The SMILES string of the molecule is CCOc1cc(C)c(I)cc1F. The molecule has 1 nitrogen and oxygen atoms in total. The summed E-state index contributed by atoms with van der Waals surface area (Å²) in [4.78, 5) is 0. The van der Waals surface area contributed by atoms with Crippen LogP contribution >= 0.6 is 22.6 Å². The van der Waals surface area contributed by atoms with Gasteiger partial charge in [-0.15, -0.1) is 0 Å². The molecule has 1 aromatic rings. The maximum atomic E-state index is 13.1. The zero-order valence-electron chi connectivity index (χ0n) is 7.03. The van der Waals surface area contributed by atoms with Gasteiger partial charge in [-0.3, -0.25) is 0 Å². The van der Waals surface area contributed by atoms with E-state index in [0.29, 0.717) is 12.4 Å². The molecule has 3 heteroatoms. The number of rotatable bonds is 2. The number of halogens is 2. The van der Waals surface area contributed by atoms with Crippen molar-refractivity contribution >= 4 is 22.6 Å². The monoisotopic (exact) mass is 280 g/mol. The number of hydrogen-bond acceptors (Lipinski definition) is 1. The van der Waals surface area contributed by atoms with Crippen LogP contribution < -0.4 is 4.74 Å². The highest BCUT2D eigenvalue weighted by atomic mass is 127. The summed E-state index contributed by atoms with van der Waals surface area (Å²) in [6, 6.07) is 3.21. The van der Waals surface area contributed by atoms with Crippen LogP contribution in [-0.4, -0.2) is 6.61 Å². The van der Waals surface area contributed by atoms with Crippen molar-refractivity contribution in [1.29, 1.82) is 0 Å². The molecule has 0 bridgehead atoms. The molecule has 0 radical (unpaired) electrons. The molecule has 0 amide bonds. The summed E-state index contributed by atoms with van der Waals surface area (Å²) in [5.41, 5.74) is 1.04. The van der Waals surface area contributed by atoms with Crippen LogP contribution in [0.5, 0.6) is 5.75 Å². The van der Waals surface area contributed by atoms with Gasteiger partial charge in [0.05, 0.1) is 6.61 Å². The topological polar surface area (TPSA) is 9.23 Å². The molecule has 1 aromatic carbocycles. The van der Waals surface area contributed by atoms with Crippen LogP contribution in [0, 0.1) is 16.3 Å². The highest BCUT2D eigenvalue weighted by Crippen LogP contribution is 2.22. The first kappa shape index (κ1) is 9.77. The molecule has 0 saturated carbocycles. The first-order valence-corrected chi connectivity index (χ1v) is 4.81. The van der Waals surface area contributed by atoms with Crippen molar-refractivity contribution < 1.29 is 9.13 Å². The Balaban J connectivity index is 3.05. The maximum absolute atomic E-state index is 13.1. The summed E-state index contributed by atoms with van der Waals surface area (Å²) in [5.74, 6) is 0.0577. The van der Waals surface area contributed by atoms with Crippen LogP contribution in [0.2, 0.25) is 0 Å². The molecule has 1 rings (SSSR count). The molecule has 0 unspecified atom stereocenters. The zero-order valence-corrected chi connectivity index (χ0v) is 9.18. The van der Waals surface area contributed by atoms with Crippen LogP contribution in [0.3, 0.4) is 0 Å². The molecule has 0 aliphatic rings. The van der Waals surface area contributed by atoms with Crippen molar-refractivity contribution in [1.82, 2.24) is 0 Å². The third-order valence-corrected chi connectivity index (χ3v) is 2.68. The lowest BCUT2D eigenvalue weighted by atomic mass is 10.2. The fraction of sp³-hybridized carbons (Fsp3) is 0.333. The molecule has 0 spiro atoms. The molecular weight excluding hydrogens is 270 g/mol. The Morgan fingerprint density at radius 3 is 2.75 bits per heavy atom. The van der Waals surface area contributed by atoms with Gasteiger partial charge < -0.3 is 4.74 Å². The van der Waals surface area contributed by atoms with Crippen LogP contribution in [-0.2, 0) is 0 Å². The summed E-state index contributed by atoms with van der Waals surface area (Å²) in [6.07, 6.45) is 0. The van der Waals surface area contributed by atoms with Crippen molar-refractivity contribution in [3.8, 4) is 5.75 Å². The minimum atomic E-state index is -0.285. The standard InChI is InChI=1S/C9H10FIO/c1-3-12-9-4-6(2)8(11)5-7(9)10/h4-5H,3H2,1-2H3. The summed E-state index contributed by atoms with van der Waals surface area (Å²) in [7, 11) is 0. The Labute approximate surface area is 85.1 Å². The third-order valence-electron chi connectivity index (χ3n) is 1.51. The van der Waals surface area contributed by atoms with Crippen molar-refractivity contribution in [3.63, 3.8) is 0 Å². The molecule has 0 aliphatic carbocycles. The Morgan fingerprint density at radius 2 is 2.17 bits per heavy atom. The molecular formula is C9H10FIO. The summed E-state index contributed by atoms with van der Waals surface area (Å²) in [6.45, 7) is 4.27. The average molecular weight is 280 g/mol. The lowest BCUT2D eigenvalue weighted by molar-refractivity contribution is 0.321. The molecule has 66 valence electrons. The lowest BCUT2D eigenvalue weighted by Crippen LogP contribution is -1.96. The van der Waals surface area contributed by atoms with Crippen LogP contribution in [0.1, 0.15) is 12.5 Å². The summed E-state index contributed by atoms with van der Waals surface area (Å²) < 4.78 is 19.1. The van der Waals surface area contributed by atoms with Gasteiger partial charge in [-0.2, -0.15) is 0 Å². The fourth-order valence-electron chi connectivity index (χ4n) is 0.897. The molecule has 0 atom stereocenters. The Bertz CT molecular complexity index is 286. The predicted octanol–water partition coefficient (Wildman–Crippen LogP) is 3.14. The Morgan fingerprint density at radius 1 is 1.50 bits per heavy atom. The lowest BCUT2D eigenvalue weighted by Gasteiger charge is -2.06. The van der Waals surface area contributed by atoms with E-state index in [-0.39, 0.29) is 5.82 Å². The number of benzene rings is 1. The molecule has 12 heavy (non-hydrogen) atoms. The highest BCUT2D eigenvalue weighted by Gasteiger charge is 2.05. The smallest absolute Gasteiger partial charge is 0.166 e. The zero-order chi connectivity index (χ0) is 9.14. The van der Waals surface area contributed by atoms with Crippen molar-refractivity contribution in [2.24, 2.45) is 0 Å². The van der Waals surface area contributed by atoms with Gasteiger partial charge in [0.15, 0.2) is 11.6 Å². The number of hydrogen-bond donors (Lipinski definition) is 0. The minimum absolute atomic E-state index is 0.285. The van der Waals surface area contributed by atoms with E-state index < -0.39 is 0 Å².